The van der Waals surface area contributed by atoms with Gasteiger partial charge in [0.25, 0.3) is 0 Å². The summed E-state index contributed by atoms with van der Waals surface area (Å²) in [7, 11) is 7.79. The van der Waals surface area contributed by atoms with Crippen LogP contribution in [-0.2, 0) is 10.3 Å². The summed E-state index contributed by atoms with van der Waals surface area (Å²) >= 11 is 1.47. The molecule has 0 fully saturated rings. The average molecular weight is 334 g/mol. The van der Waals surface area contributed by atoms with Gasteiger partial charge in [-0.25, -0.2) is 4.99 Å². The van der Waals surface area contributed by atoms with Crippen LogP contribution in [0, 0.1) is 11.3 Å². The van der Waals surface area contributed by atoms with E-state index in [2.05, 4.69) is 11.1 Å². The van der Waals surface area contributed by atoms with Gasteiger partial charge in [0, 0.05) is 16.8 Å². The Bertz CT molecular complexity index is 898. The van der Waals surface area contributed by atoms with Crippen LogP contribution in [0.1, 0.15) is 23.8 Å². The Kier molecular flexibility index (Phi) is 3.94. The van der Waals surface area contributed by atoms with Crippen molar-refractivity contribution < 1.29 is 4.79 Å². The first kappa shape index (κ1) is 16.3. The summed E-state index contributed by atoms with van der Waals surface area (Å²) in [5, 5.41) is 9.06. The van der Waals surface area contributed by atoms with Crippen molar-refractivity contribution in [2.75, 3.05) is 7.05 Å². The zero-order chi connectivity index (χ0) is 17.5. The van der Waals surface area contributed by atoms with Crippen LogP contribution in [0.25, 0.3) is 10.4 Å². The highest BCUT2D eigenvalue weighted by Crippen LogP contribution is 2.39. The summed E-state index contributed by atoms with van der Waals surface area (Å²) in [6, 6.07) is 11.2. The molecule has 24 heavy (non-hydrogen) atoms. The molecule has 1 aromatic heterocycles. The van der Waals surface area contributed by atoms with Crippen molar-refractivity contribution in [1.82, 2.24) is 4.90 Å². The van der Waals surface area contributed by atoms with Crippen molar-refractivity contribution >= 4 is 36.5 Å². The SMILES string of the molecule is [B]c1cc([C@]2(C)CC(=O)N(C)C(N)=N2)sc1-c1cccc(C#N)c1. The molecule has 1 atom stereocenters. The number of thiophene rings is 1. The van der Waals surface area contributed by atoms with E-state index in [4.69, 9.17) is 18.8 Å². The Hall–Kier alpha value is -2.59. The van der Waals surface area contributed by atoms with Gasteiger partial charge in [-0.1, -0.05) is 23.7 Å². The topological polar surface area (TPSA) is 82.5 Å². The van der Waals surface area contributed by atoms with E-state index >= 15 is 0 Å². The zero-order valence-corrected chi connectivity index (χ0v) is 14.2. The summed E-state index contributed by atoms with van der Waals surface area (Å²) in [5.74, 6) is 0.124. The van der Waals surface area contributed by atoms with E-state index in [0.29, 0.717) is 11.0 Å². The molecule has 1 aromatic carbocycles. The highest BCUT2D eigenvalue weighted by atomic mass is 32.1. The zero-order valence-electron chi connectivity index (χ0n) is 13.4. The molecule has 2 N–H and O–H groups in total. The van der Waals surface area contributed by atoms with Gasteiger partial charge in [0.05, 0.1) is 18.1 Å². The predicted molar refractivity (Wildman–Crippen MR) is 96.2 cm³/mol. The van der Waals surface area contributed by atoms with Crippen molar-refractivity contribution in [2.45, 2.75) is 18.9 Å². The Labute approximate surface area is 145 Å². The number of benzene rings is 1. The number of amides is 1. The molecule has 7 heteroatoms. The summed E-state index contributed by atoms with van der Waals surface area (Å²) in [6.07, 6.45) is 0.238. The number of hydrogen-bond acceptors (Lipinski definition) is 5. The van der Waals surface area contributed by atoms with Crippen molar-refractivity contribution in [3.8, 4) is 16.5 Å². The molecule has 1 aliphatic heterocycles. The van der Waals surface area contributed by atoms with Crippen LogP contribution in [0.15, 0.2) is 35.3 Å². The maximum absolute atomic E-state index is 12.1. The van der Waals surface area contributed by atoms with Crippen LogP contribution in [0.4, 0.5) is 0 Å². The van der Waals surface area contributed by atoms with Crippen LogP contribution in [0.3, 0.4) is 0 Å². The van der Waals surface area contributed by atoms with Crippen molar-refractivity contribution in [3.05, 3.63) is 40.8 Å². The number of carbonyl (C=O) groups excluding carboxylic acids is 1. The molecular weight excluding hydrogens is 319 g/mol. The molecular formula is C17H15BN4OS. The van der Waals surface area contributed by atoms with E-state index in [1.54, 1.807) is 19.2 Å². The van der Waals surface area contributed by atoms with Crippen molar-refractivity contribution in [1.29, 1.82) is 5.26 Å². The fourth-order valence-electron chi connectivity index (χ4n) is 2.68. The Morgan fingerprint density at radius 3 is 2.88 bits per heavy atom. The van der Waals surface area contributed by atoms with Gasteiger partial charge in [-0.3, -0.25) is 9.69 Å². The summed E-state index contributed by atoms with van der Waals surface area (Å²) in [5.41, 5.74) is 7.20. The fraction of sp³-hybridized carbons (Fsp3) is 0.235. The monoisotopic (exact) mass is 334 g/mol. The van der Waals surface area contributed by atoms with E-state index in [1.807, 2.05) is 25.1 Å². The number of nitrogens with zero attached hydrogens (tertiary/aromatic N) is 3. The summed E-state index contributed by atoms with van der Waals surface area (Å²) in [4.78, 5) is 19.7. The number of carbonyl (C=O) groups is 1. The van der Waals surface area contributed by atoms with Crippen LogP contribution < -0.4 is 11.2 Å². The first-order valence-corrected chi connectivity index (χ1v) is 8.18. The third-order valence-electron chi connectivity index (χ3n) is 4.12. The molecule has 5 nitrogen and oxygen atoms in total. The number of nitriles is 1. The van der Waals surface area contributed by atoms with Gasteiger partial charge < -0.3 is 5.73 Å². The Balaban J connectivity index is 2.06. The summed E-state index contributed by atoms with van der Waals surface area (Å²) in [6.45, 7) is 1.88. The van der Waals surface area contributed by atoms with E-state index in [-0.39, 0.29) is 18.3 Å². The van der Waals surface area contributed by atoms with E-state index in [0.717, 1.165) is 15.3 Å². The number of nitrogens with two attached hydrogens (primary N) is 1. The maximum atomic E-state index is 12.1. The van der Waals surface area contributed by atoms with Crippen LogP contribution in [0.5, 0.6) is 0 Å². The molecule has 0 saturated carbocycles. The van der Waals surface area contributed by atoms with Gasteiger partial charge in [0.2, 0.25) is 5.91 Å². The number of rotatable bonds is 2. The van der Waals surface area contributed by atoms with Gasteiger partial charge >= 0.3 is 0 Å². The first-order chi connectivity index (χ1) is 11.3. The minimum atomic E-state index is -0.725. The third-order valence-corrected chi connectivity index (χ3v) is 5.57. The van der Waals surface area contributed by atoms with E-state index in [9.17, 15) is 4.79 Å². The fourth-order valence-corrected chi connectivity index (χ4v) is 3.84. The lowest BCUT2D eigenvalue weighted by molar-refractivity contribution is -0.128. The van der Waals surface area contributed by atoms with E-state index < -0.39 is 5.54 Å². The second kappa shape index (κ2) is 5.80. The molecule has 0 aliphatic carbocycles. The van der Waals surface area contributed by atoms with Gasteiger partial charge in [-0.05, 0) is 24.6 Å². The van der Waals surface area contributed by atoms with E-state index in [1.165, 1.54) is 16.2 Å². The smallest absolute Gasteiger partial charge is 0.231 e. The van der Waals surface area contributed by atoms with Gasteiger partial charge in [-0.15, -0.1) is 11.3 Å². The second-order valence-electron chi connectivity index (χ2n) is 5.96. The number of aliphatic imine (C=N–C) groups is 1. The normalized spacial score (nSPS) is 20.6. The summed E-state index contributed by atoms with van der Waals surface area (Å²) < 4.78 is 0. The Morgan fingerprint density at radius 2 is 2.21 bits per heavy atom. The minimum Gasteiger partial charge on any atom is -0.369 e. The van der Waals surface area contributed by atoms with Crippen molar-refractivity contribution in [3.63, 3.8) is 0 Å². The Morgan fingerprint density at radius 1 is 1.46 bits per heavy atom. The molecule has 118 valence electrons. The third kappa shape index (κ3) is 2.70. The lowest BCUT2D eigenvalue weighted by atomic mass is 9.89. The van der Waals surface area contributed by atoms with Gasteiger partial charge in [0.15, 0.2) is 5.96 Å². The maximum Gasteiger partial charge on any atom is 0.231 e. The van der Waals surface area contributed by atoms with Crippen molar-refractivity contribution in [2.24, 2.45) is 10.7 Å². The van der Waals surface area contributed by atoms with Crippen LogP contribution in [0.2, 0.25) is 0 Å². The lowest BCUT2D eigenvalue weighted by Gasteiger charge is -2.32. The second-order valence-corrected chi connectivity index (χ2v) is 7.01. The van der Waals surface area contributed by atoms with Crippen LogP contribution >= 0.6 is 11.3 Å². The van der Waals surface area contributed by atoms with Gasteiger partial charge in [0.1, 0.15) is 13.4 Å². The molecule has 0 unspecified atom stereocenters. The quantitative estimate of drug-likeness (QED) is 0.845. The molecule has 1 aliphatic rings. The van der Waals surface area contributed by atoms with Crippen LogP contribution in [-0.4, -0.2) is 31.7 Å². The molecule has 0 bridgehead atoms. The van der Waals surface area contributed by atoms with Gasteiger partial charge in [-0.2, -0.15) is 5.26 Å². The minimum absolute atomic E-state index is 0.0787. The highest BCUT2D eigenvalue weighted by Gasteiger charge is 2.37. The first-order valence-electron chi connectivity index (χ1n) is 7.36. The highest BCUT2D eigenvalue weighted by molar-refractivity contribution is 7.17. The molecule has 2 radical (unpaired) electrons. The molecule has 0 saturated heterocycles. The number of guanidine groups is 1. The molecule has 0 spiro atoms. The molecule has 3 rings (SSSR count). The largest absolute Gasteiger partial charge is 0.369 e. The molecule has 2 heterocycles. The average Bonchev–Trinajstić information content (AvgIpc) is 2.95. The predicted octanol–water partition coefficient (Wildman–Crippen LogP) is 1.47. The standard InChI is InChI=1S/C17H15BN4OS/c1-17(8-14(23)22(2)16(20)21-17)13-7-12(18)15(24-13)11-5-3-4-10(6-11)9-19/h3-7H,8H2,1-2H3,(H2,20,21)/t17-/m0/s1. The molecule has 2 aromatic rings. The molecule has 1 amide bonds. The lowest BCUT2D eigenvalue weighted by Crippen LogP contribution is -2.47. The number of hydrogen-bond donors (Lipinski definition) is 1.